The molecule has 33 heavy (non-hydrogen) atoms. The Morgan fingerprint density at radius 2 is 1.91 bits per heavy atom. The molecule has 3 aromatic rings. The maximum Gasteiger partial charge on any atom is 0.416 e. The monoisotopic (exact) mass is 462 g/mol. The molecule has 8 nitrogen and oxygen atoms in total. The molecule has 3 rings (SSSR count). The van der Waals surface area contributed by atoms with Crippen LogP contribution in [-0.4, -0.2) is 30.3 Å². The minimum atomic E-state index is -4.56. The number of hydrogen-bond acceptors (Lipinski definition) is 6. The number of hydrazone groups is 1. The van der Waals surface area contributed by atoms with E-state index in [1.54, 1.807) is 18.2 Å². The summed E-state index contributed by atoms with van der Waals surface area (Å²) in [5, 5.41) is 12.6. The summed E-state index contributed by atoms with van der Waals surface area (Å²) in [6, 6.07) is 11.5. The van der Waals surface area contributed by atoms with Crippen molar-refractivity contribution >= 4 is 18.1 Å². The first kappa shape index (κ1) is 23.4. The van der Waals surface area contributed by atoms with Crippen LogP contribution in [0.2, 0.25) is 0 Å². The Balaban J connectivity index is 1.63. The highest BCUT2D eigenvalue weighted by Gasteiger charge is 2.30. The number of halogens is 3. The Hall–Kier alpha value is -4.28. The number of furan rings is 1. The van der Waals surface area contributed by atoms with Crippen LogP contribution in [0.1, 0.15) is 37.8 Å². The number of amides is 1. The van der Waals surface area contributed by atoms with E-state index in [1.165, 1.54) is 31.5 Å². The number of methoxy groups -OCH3 is 1. The van der Waals surface area contributed by atoms with Gasteiger partial charge in [-0.05, 0) is 54.1 Å². The number of aromatic carboxylic acids is 1. The van der Waals surface area contributed by atoms with Gasteiger partial charge in [-0.1, -0.05) is 6.07 Å². The molecule has 1 amide bonds. The lowest BCUT2D eigenvalue weighted by molar-refractivity contribution is -0.137. The highest BCUT2D eigenvalue weighted by atomic mass is 19.4. The van der Waals surface area contributed by atoms with Crippen LogP contribution < -0.4 is 14.9 Å². The fourth-order valence-corrected chi connectivity index (χ4v) is 2.67. The molecule has 0 atom stereocenters. The van der Waals surface area contributed by atoms with E-state index in [0.717, 1.165) is 18.2 Å². The first-order valence-electron chi connectivity index (χ1n) is 9.31. The van der Waals surface area contributed by atoms with Crippen LogP contribution in [0, 0.1) is 0 Å². The number of carbonyl (C=O) groups excluding carboxylic acids is 1. The molecule has 1 heterocycles. The number of rotatable bonds is 8. The average molecular weight is 462 g/mol. The van der Waals surface area contributed by atoms with Gasteiger partial charge in [0.25, 0.3) is 5.91 Å². The number of nitrogens with one attached hydrogen (secondary N) is 1. The van der Waals surface area contributed by atoms with Gasteiger partial charge in [0, 0.05) is 5.56 Å². The van der Waals surface area contributed by atoms with Crippen molar-refractivity contribution < 1.29 is 41.8 Å². The summed E-state index contributed by atoms with van der Waals surface area (Å²) in [4.78, 5) is 22.9. The molecule has 0 aliphatic rings. The third kappa shape index (κ3) is 6.12. The fraction of sp³-hybridized carbons (Fsp3) is 0.136. The van der Waals surface area contributed by atoms with Crippen molar-refractivity contribution in [2.75, 3.05) is 7.11 Å². The van der Waals surface area contributed by atoms with Crippen LogP contribution in [0.3, 0.4) is 0 Å². The molecular weight excluding hydrogens is 445 g/mol. The van der Waals surface area contributed by atoms with Gasteiger partial charge in [0.15, 0.2) is 11.5 Å². The number of carboxylic acids is 1. The van der Waals surface area contributed by atoms with E-state index in [9.17, 15) is 22.8 Å². The van der Waals surface area contributed by atoms with Gasteiger partial charge in [0.2, 0.25) is 5.76 Å². The number of ether oxygens (including phenoxy) is 2. The van der Waals surface area contributed by atoms with Gasteiger partial charge in [-0.3, -0.25) is 4.79 Å². The molecule has 0 fully saturated rings. The summed E-state index contributed by atoms with van der Waals surface area (Å²) in [5.41, 5.74) is 1.55. The molecule has 0 saturated carbocycles. The number of carbonyl (C=O) groups is 2. The molecule has 0 unspecified atom stereocenters. The lowest BCUT2D eigenvalue weighted by Gasteiger charge is -2.10. The van der Waals surface area contributed by atoms with Gasteiger partial charge in [-0.25, -0.2) is 10.2 Å². The summed E-state index contributed by atoms with van der Waals surface area (Å²) < 4.78 is 54.3. The van der Waals surface area contributed by atoms with Crippen molar-refractivity contribution in [3.8, 4) is 11.5 Å². The van der Waals surface area contributed by atoms with Gasteiger partial charge in [-0.2, -0.15) is 18.3 Å². The van der Waals surface area contributed by atoms with Crippen molar-refractivity contribution in [2.45, 2.75) is 12.8 Å². The second-order valence-electron chi connectivity index (χ2n) is 6.55. The van der Waals surface area contributed by atoms with Crippen LogP contribution in [0.25, 0.3) is 0 Å². The Morgan fingerprint density at radius 3 is 2.58 bits per heavy atom. The van der Waals surface area contributed by atoms with Crippen LogP contribution in [0.15, 0.2) is 64.1 Å². The Bertz CT molecular complexity index is 1190. The van der Waals surface area contributed by atoms with Crippen LogP contribution in [-0.2, 0) is 12.8 Å². The zero-order chi connectivity index (χ0) is 24.0. The highest BCUT2D eigenvalue weighted by molar-refractivity contribution is 5.95. The van der Waals surface area contributed by atoms with Crippen molar-refractivity contribution in [3.05, 3.63) is 82.8 Å². The van der Waals surface area contributed by atoms with Crippen molar-refractivity contribution in [3.63, 3.8) is 0 Å². The van der Waals surface area contributed by atoms with Crippen molar-refractivity contribution in [2.24, 2.45) is 5.10 Å². The maximum atomic E-state index is 12.8. The van der Waals surface area contributed by atoms with Crippen molar-refractivity contribution in [1.82, 2.24) is 5.43 Å². The molecule has 2 aromatic carbocycles. The topological polar surface area (TPSA) is 110 Å². The van der Waals surface area contributed by atoms with E-state index < -0.39 is 23.6 Å². The Labute approximate surface area is 185 Å². The molecule has 11 heteroatoms. The van der Waals surface area contributed by atoms with Crippen LogP contribution in [0.5, 0.6) is 11.5 Å². The largest absolute Gasteiger partial charge is 0.493 e. The van der Waals surface area contributed by atoms with Gasteiger partial charge in [0.1, 0.15) is 12.4 Å². The van der Waals surface area contributed by atoms with E-state index in [0.29, 0.717) is 22.8 Å². The minimum absolute atomic E-state index is 0.0376. The lowest BCUT2D eigenvalue weighted by atomic mass is 10.1. The molecule has 1 aromatic heterocycles. The molecular formula is C22H17F3N2O6. The van der Waals surface area contributed by atoms with E-state index in [2.05, 4.69) is 10.5 Å². The lowest BCUT2D eigenvalue weighted by Crippen LogP contribution is -2.18. The van der Waals surface area contributed by atoms with Crippen LogP contribution >= 0.6 is 0 Å². The second kappa shape index (κ2) is 9.90. The minimum Gasteiger partial charge on any atom is -0.493 e. The van der Waals surface area contributed by atoms with E-state index in [1.807, 2.05) is 0 Å². The number of benzene rings is 2. The van der Waals surface area contributed by atoms with E-state index in [4.69, 9.17) is 19.0 Å². The summed E-state index contributed by atoms with van der Waals surface area (Å²) in [5.74, 6) is -1.23. The number of alkyl halides is 3. The summed E-state index contributed by atoms with van der Waals surface area (Å²) >= 11 is 0. The van der Waals surface area contributed by atoms with Crippen LogP contribution in [0.4, 0.5) is 13.2 Å². The number of hydrogen-bond donors (Lipinski definition) is 2. The molecule has 0 spiro atoms. The summed E-state index contributed by atoms with van der Waals surface area (Å²) in [7, 11) is 1.41. The van der Waals surface area contributed by atoms with Gasteiger partial charge >= 0.3 is 12.1 Å². The molecule has 172 valence electrons. The summed E-state index contributed by atoms with van der Waals surface area (Å²) in [6.07, 6.45) is -3.28. The van der Waals surface area contributed by atoms with Gasteiger partial charge < -0.3 is 19.0 Å². The third-order valence-corrected chi connectivity index (χ3v) is 4.26. The number of nitrogens with zero attached hydrogens (tertiary/aromatic N) is 1. The van der Waals surface area contributed by atoms with Crippen molar-refractivity contribution in [1.29, 1.82) is 0 Å². The Kier molecular flexibility index (Phi) is 7.01. The van der Waals surface area contributed by atoms with Gasteiger partial charge in [0.05, 0.1) is 18.9 Å². The van der Waals surface area contributed by atoms with E-state index in [-0.39, 0.29) is 17.9 Å². The maximum absolute atomic E-state index is 12.8. The highest BCUT2D eigenvalue weighted by Crippen LogP contribution is 2.30. The predicted molar refractivity (Wildman–Crippen MR) is 109 cm³/mol. The SMILES string of the molecule is COc1cc(/C=N\NC(=O)c2cccc(C(F)(F)F)c2)ccc1OCc1ccc(C(=O)O)o1. The molecule has 0 bridgehead atoms. The summed E-state index contributed by atoms with van der Waals surface area (Å²) in [6.45, 7) is -0.0376. The van der Waals surface area contributed by atoms with Gasteiger partial charge in [-0.15, -0.1) is 0 Å². The quantitative estimate of drug-likeness (QED) is 0.381. The average Bonchev–Trinajstić information content (AvgIpc) is 3.27. The molecule has 0 aliphatic carbocycles. The fourth-order valence-electron chi connectivity index (χ4n) is 2.67. The second-order valence-corrected chi connectivity index (χ2v) is 6.55. The zero-order valence-electron chi connectivity index (χ0n) is 17.1. The number of carboxylic acid groups (broad SMARTS) is 1. The molecule has 0 saturated heterocycles. The van der Waals surface area contributed by atoms with E-state index >= 15 is 0 Å². The predicted octanol–water partition coefficient (Wildman–Crippen LogP) is 4.35. The third-order valence-electron chi connectivity index (χ3n) is 4.26. The molecule has 0 radical (unpaired) electrons. The normalized spacial score (nSPS) is 11.4. The molecule has 2 N–H and O–H groups in total. The smallest absolute Gasteiger partial charge is 0.416 e. The standard InChI is InChI=1S/C22H17F3N2O6/c1-31-19-9-13(5-7-17(19)32-12-16-6-8-18(33-16)21(29)30)11-26-27-20(28)14-3-2-4-15(10-14)22(23,24)25/h2-11H,12H2,1H3,(H,27,28)(H,29,30)/b26-11-. The first-order valence-corrected chi connectivity index (χ1v) is 9.31. The Morgan fingerprint density at radius 1 is 1.12 bits per heavy atom. The molecule has 0 aliphatic heterocycles. The first-order chi connectivity index (χ1) is 15.7. The zero-order valence-corrected chi connectivity index (χ0v) is 17.1.